The molecular formula is C24H33N3O6S. The van der Waals surface area contributed by atoms with E-state index in [0.29, 0.717) is 42.5 Å². The summed E-state index contributed by atoms with van der Waals surface area (Å²) in [6, 6.07) is 3.29. The fourth-order valence-electron chi connectivity index (χ4n) is 6.64. The number of hydrogen-bond donors (Lipinski definition) is 3. The zero-order chi connectivity index (χ0) is 24.1. The van der Waals surface area contributed by atoms with Crippen LogP contribution in [-0.2, 0) is 19.6 Å². The second-order valence-corrected chi connectivity index (χ2v) is 12.5. The third kappa shape index (κ3) is 4.37. The van der Waals surface area contributed by atoms with Crippen LogP contribution in [0.15, 0.2) is 23.1 Å². The summed E-state index contributed by atoms with van der Waals surface area (Å²) in [6.07, 6.45) is 6.29. The van der Waals surface area contributed by atoms with Gasteiger partial charge in [0.05, 0.1) is 10.3 Å². The second kappa shape index (κ2) is 8.71. The maximum Gasteiger partial charge on any atom is 0.256 e. The van der Waals surface area contributed by atoms with Crippen molar-refractivity contribution < 1.29 is 27.5 Å². The van der Waals surface area contributed by atoms with E-state index in [4.69, 9.17) is 9.47 Å². The molecule has 9 nitrogen and oxygen atoms in total. The van der Waals surface area contributed by atoms with E-state index in [2.05, 4.69) is 15.6 Å². The van der Waals surface area contributed by atoms with Gasteiger partial charge in [-0.25, -0.2) is 8.42 Å². The monoisotopic (exact) mass is 491 g/mol. The van der Waals surface area contributed by atoms with Gasteiger partial charge in [-0.1, -0.05) is 13.8 Å². The van der Waals surface area contributed by atoms with Gasteiger partial charge in [0.2, 0.25) is 15.9 Å². The minimum atomic E-state index is -4.02. The van der Waals surface area contributed by atoms with Gasteiger partial charge in [-0.2, -0.15) is 4.72 Å². The highest BCUT2D eigenvalue weighted by molar-refractivity contribution is 7.89. The number of nitrogens with one attached hydrogen (secondary N) is 3. The van der Waals surface area contributed by atoms with Gasteiger partial charge in [-0.05, 0) is 74.3 Å². The predicted octanol–water partition coefficient (Wildman–Crippen LogP) is 2.12. The Morgan fingerprint density at radius 3 is 2.12 bits per heavy atom. The summed E-state index contributed by atoms with van der Waals surface area (Å²) in [4.78, 5) is 26.1. The minimum Gasteiger partial charge on any atom is -0.486 e. The number of carbonyl (C=O) groups is 2. The highest BCUT2D eigenvalue weighted by Crippen LogP contribution is 2.60. The summed E-state index contributed by atoms with van der Waals surface area (Å²) in [6.45, 7) is 4.24. The second-order valence-electron chi connectivity index (χ2n) is 10.8. The summed E-state index contributed by atoms with van der Waals surface area (Å²) < 4.78 is 39.5. The molecule has 4 bridgehead atoms. The van der Waals surface area contributed by atoms with Crippen molar-refractivity contribution in [2.24, 2.45) is 29.1 Å². The van der Waals surface area contributed by atoms with Crippen molar-refractivity contribution in [1.82, 2.24) is 15.6 Å². The fraction of sp³-hybridized carbons (Fsp3) is 0.667. The van der Waals surface area contributed by atoms with Crippen LogP contribution in [0, 0.1) is 29.1 Å². The van der Waals surface area contributed by atoms with E-state index >= 15 is 0 Å². The maximum atomic E-state index is 13.1. The number of sulfonamides is 1. The molecule has 1 aliphatic heterocycles. The van der Waals surface area contributed by atoms with Gasteiger partial charge >= 0.3 is 0 Å². The van der Waals surface area contributed by atoms with Crippen molar-refractivity contribution in [2.45, 2.75) is 63.3 Å². The SMILES string of the molecule is CC(C)[C@H](NS(=O)(=O)c1ccc2c(c1)OCCO2)C(=O)NNC(=O)C12CC3CC(CC(C3)C1)C2. The van der Waals surface area contributed by atoms with Crippen LogP contribution in [0.3, 0.4) is 0 Å². The quantitative estimate of drug-likeness (QED) is 0.524. The lowest BCUT2D eigenvalue weighted by Gasteiger charge is -2.55. The van der Waals surface area contributed by atoms with Crippen LogP contribution in [0.2, 0.25) is 0 Å². The van der Waals surface area contributed by atoms with Crippen LogP contribution in [0.4, 0.5) is 0 Å². The lowest BCUT2D eigenvalue weighted by atomic mass is 9.49. The molecule has 6 rings (SSSR count). The van der Waals surface area contributed by atoms with Gasteiger partial charge in [-0.3, -0.25) is 20.4 Å². The largest absolute Gasteiger partial charge is 0.486 e. The topological polar surface area (TPSA) is 123 Å². The van der Waals surface area contributed by atoms with Gasteiger partial charge in [0.25, 0.3) is 5.91 Å². The maximum absolute atomic E-state index is 13.1. The Bertz CT molecular complexity index is 1050. The Balaban J connectivity index is 1.24. The molecule has 2 amide bonds. The van der Waals surface area contributed by atoms with Gasteiger partial charge in [-0.15, -0.1) is 0 Å². The molecule has 4 fully saturated rings. The average Bonchev–Trinajstić information content (AvgIpc) is 2.79. The molecule has 1 aromatic carbocycles. The predicted molar refractivity (Wildman–Crippen MR) is 123 cm³/mol. The molecular weight excluding hydrogens is 458 g/mol. The van der Waals surface area contributed by atoms with Crippen LogP contribution in [-0.4, -0.2) is 39.5 Å². The molecule has 1 aromatic rings. The Hall–Kier alpha value is -2.33. The standard InChI is InChI=1S/C24H33N3O6S/c1-14(2)21(27-34(30,31)18-3-4-19-20(10-18)33-6-5-32-19)22(28)25-26-23(29)24-11-15-7-16(12-24)9-17(8-15)13-24/h3-4,10,14-17,21,27H,5-9,11-13H2,1-2H3,(H,25,28)(H,26,29)/t15?,16?,17?,21-,24?/m0/s1. The van der Waals surface area contributed by atoms with Crippen LogP contribution in [0.5, 0.6) is 11.5 Å². The van der Waals surface area contributed by atoms with E-state index in [1.165, 1.54) is 31.4 Å². The van der Waals surface area contributed by atoms with Crippen LogP contribution in [0.1, 0.15) is 52.4 Å². The van der Waals surface area contributed by atoms with Crippen LogP contribution >= 0.6 is 0 Å². The summed E-state index contributed by atoms with van der Waals surface area (Å²) >= 11 is 0. The number of benzene rings is 1. The molecule has 0 aromatic heterocycles. The molecule has 0 unspecified atom stereocenters. The zero-order valence-corrected chi connectivity index (χ0v) is 20.4. The summed E-state index contributed by atoms with van der Waals surface area (Å²) in [5.74, 6) is 1.57. The lowest BCUT2D eigenvalue weighted by molar-refractivity contribution is -0.149. The number of rotatable bonds is 6. The summed E-state index contributed by atoms with van der Waals surface area (Å²) in [5, 5.41) is 0. The third-order valence-electron chi connectivity index (χ3n) is 7.87. The van der Waals surface area contributed by atoms with E-state index in [9.17, 15) is 18.0 Å². The van der Waals surface area contributed by atoms with Crippen LogP contribution in [0.25, 0.3) is 0 Å². The van der Waals surface area contributed by atoms with E-state index in [1.54, 1.807) is 19.9 Å². The number of fused-ring (bicyclic) bond motifs is 1. The first-order valence-corrected chi connectivity index (χ1v) is 13.7. The van der Waals surface area contributed by atoms with Crippen molar-refractivity contribution in [2.75, 3.05) is 13.2 Å². The molecule has 4 saturated carbocycles. The molecule has 4 aliphatic carbocycles. The number of carbonyl (C=O) groups excluding carboxylic acids is 2. The lowest BCUT2D eigenvalue weighted by Crippen LogP contribution is -2.59. The Morgan fingerprint density at radius 1 is 0.941 bits per heavy atom. The summed E-state index contributed by atoms with van der Waals surface area (Å²) in [5.41, 5.74) is 4.73. The Morgan fingerprint density at radius 2 is 1.53 bits per heavy atom. The highest BCUT2D eigenvalue weighted by Gasteiger charge is 2.54. The molecule has 5 aliphatic rings. The van der Waals surface area contributed by atoms with Crippen molar-refractivity contribution in [1.29, 1.82) is 0 Å². The van der Waals surface area contributed by atoms with Crippen molar-refractivity contribution >= 4 is 21.8 Å². The van der Waals surface area contributed by atoms with Crippen molar-refractivity contribution in [3.05, 3.63) is 18.2 Å². The summed E-state index contributed by atoms with van der Waals surface area (Å²) in [7, 11) is -4.02. The van der Waals surface area contributed by atoms with Gasteiger partial charge in [0, 0.05) is 6.07 Å². The van der Waals surface area contributed by atoms with Gasteiger partial charge < -0.3 is 9.47 Å². The molecule has 10 heteroatoms. The highest BCUT2D eigenvalue weighted by atomic mass is 32.2. The van der Waals surface area contributed by atoms with Gasteiger partial charge in [0.15, 0.2) is 11.5 Å². The van der Waals surface area contributed by atoms with Crippen LogP contribution < -0.4 is 25.0 Å². The molecule has 3 N–H and O–H groups in total. The van der Waals surface area contributed by atoms with Gasteiger partial charge in [0.1, 0.15) is 19.3 Å². The third-order valence-corrected chi connectivity index (χ3v) is 9.31. The molecule has 0 radical (unpaired) electrons. The minimum absolute atomic E-state index is 0.0206. The van der Waals surface area contributed by atoms with E-state index < -0.39 is 27.4 Å². The molecule has 34 heavy (non-hydrogen) atoms. The van der Waals surface area contributed by atoms with E-state index in [1.807, 2.05) is 0 Å². The van der Waals surface area contributed by atoms with Crippen molar-refractivity contribution in [3.63, 3.8) is 0 Å². The molecule has 0 spiro atoms. The number of amides is 2. The van der Waals surface area contributed by atoms with E-state index in [0.717, 1.165) is 19.3 Å². The number of ether oxygens (including phenoxy) is 2. The zero-order valence-electron chi connectivity index (χ0n) is 19.6. The fourth-order valence-corrected chi connectivity index (χ4v) is 7.99. The van der Waals surface area contributed by atoms with Crippen molar-refractivity contribution in [3.8, 4) is 11.5 Å². The molecule has 186 valence electrons. The molecule has 0 saturated heterocycles. The number of hydrogen-bond acceptors (Lipinski definition) is 6. The average molecular weight is 492 g/mol. The normalized spacial score (nSPS) is 30.1. The molecule has 1 atom stereocenters. The first-order valence-electron chi connectivity index (χ1n) is 12.2. The van der Waals surface area contributed by atoms with E-state index in [-0.39, 0.29) is 16.7 Å². The smallest absolute Gasteiger partial charge is 0.256 e. The first-order chi connectivity index (χ1) is 16.1. The molecule has 1 heterocycles. The first kappa shape index (κ1) is 23.4. The number of hydrazine groups is 1. The Kier molecular flexibility index (Phi) is 6.00. The Labute approximate surface area is 200 Å².